The Kier molecular flexibility index (Phi) is 4.05. The maximum Gasteiger partial charge on any atom is 0.293 e. The Morgan fingerprint density at radius 1 is 1.53 bits per heavy atom. The topological polar surface area (TPSA) is 72.4 Å². The average molecular weight is 332 g/mol. The standard InChI is InChI=1S/C12H15BrFN3O2/c1-7-2-8(15)6-16(5-7)11-4-10(14)9(13)3-12(11)17(18)19/h3-4,7-8H,2,5-6,15H2,1H3. The van der Waals surface area contributed by atoms with E-state index < -0.39 is 10.7 Å². The largest absolute Gasteiger partial charge is 0.364 e. The monoisotopic (exact) mass is 331 g/mol. The molecule has 0 saturated carbocycles. The van der Waals surface area contributed by atoms with Gasteiger partial charge >= 0.3 is 0 Å². The summed E-state index contributed by atoms with van der Waals surface area (Å²) in [7, 11) is 0. The van der Waals surface area contributed by atoms with Gasteiger partial charge in [0, 0.05) is 31.3 Å². The van der Waals surface area contributed by atoms with Crippen LogP contribution in [-0.2, 0) is 0 Å². The van der Waals surface area contributed by atoms with Gasteiger partial charge in [0.15, 0.2) is 0 Å². The van der Waals surface area contributed by atoms with Crippen LogP contribution in [0.5, 0.6) is 0 Å². The van der Waals surface area contributed by atoms with Crippen molar-refractivity contribution in [2.24, 2.45) is 11.7 Å². The van der Waals surface area contributed by atoms with Crippen LogP contribution < -0.4 is 10.6 Å². The van der Waals surface area contributed by atoms with Gasteiger partial charge in [-0.15, -0.1) is 0 Å². The van der Waals surface area contributed by atoms with Gasteiger partial charge in [-0.05, 0) is 28.3 Å². The lowest BCUT2D eigenvalue weighted by molar-refractivity contribution is -0.384. The van der Waals surface area contributed by atoms with Gasteiger partial charge in [-0.2, -0.15) is 0 Å². The smallest absolute Gasteiger partial charge is 0.293 e. The number of hydrogen-bond donors (Lipinski definition) is 1. The van der Waals surface area contributed by atoms with E-state index in [1.807, 2.05) is 6.92 Å². The summed E-state index contributed by atoms with van der Waals surface area (Å²) < 4.78 is 13.7. The van der Waals surface area contributed by atoms with Crippen molar-refractivity contribution in [1.82, 2.24) is 0 Å². The van der Waals surface area contributed by atoms with Crippen LogP contribution in [0, 0.1) is 21.8 Å². The summed E-state index contributed by atoms with van der Waals surface area (Å²) in [6, 6.07) is 2.36. The highest BCUT2D eigenvalue weighted by Crippen LogP contribution is 2.35. The van der Waals surface area contributed by atoms with Crippen LogP contribution in [0.4, 0.5) is 15.8 Å². The first-order valence-electron chi connectivity index (χ1n) is 6.02. The predicted octanol–water partition coefficient (Wildman–Crippen LogP) is 2.67. The Hall–Kier alpha value is -1.21. The molecule has 1 aliphatic heterocycles. The van der Waals surface area contributed by atoms with Crippen molar-refractivity contribution in [2.45, 2.75) is 19.4 Å². The number of piperidine rings is 1. The Morgan fingerprint density at radius 2 is 2.21 bits per heavy atom. The van der Waals surface area contributed by atoms with E-state index in [4.69, 9.17) is 5.73 Å². The first kappa shape index (κ1) is 14.2. The van der Waals surface area contributed by atoms with Crippen molar-refractivity contribution < 1.29 is 9.31 Å². The van der Waals surface area contributed by atoms with Gasteiger partial charge in [0.05, 0.1) is 9.40 Å². The molecule has 1 aliphatic rings. The zero-order chi connectivity index (χ0) is 14.2. The average Bonchev–Trinajstić information content (AvgIpc) is 2.30. The number of nitro groups is 1. The van der Waals surface area contributed by atoms with E-state index in [-0.39, 0.29) is 16.2 Å². The van der Waals surface area contributed by atoms with E-state index in [0.29, 0.717) is 24.7 Å². The normalized spacial score (nSPS) is 23.5. The minimum Gasteiger partial charge on any atom is -0.364 e. The van der Waals surface area contributed by atoms with Gasteiger partial charge in [0.2, 0.25) is 0 Å². The molecule has 5 nitrogen and oxygen atoms in total. The Labute approximate surface area is 118 Å². The maximum absolute atomic E-state index is 13.6. The number of rotatable bonds is 2. The zero-order valence-electron chi connectivity index (χ0n) is 10.5. The lowest BCUT2D eigenvalue weighted by Crippen LogP contribution is -2.46. The minimum absolute atomic E-state index is 0.0462. The number of nitro benzene ring substituents is 1. The molecule has 1 saturated heterocycles. The first-order valence-corrected chi connectivity index (χ1v) is 6.81. The second-order valence-electron chi connectivity index (χ2n) is 5.02. The Balaban J connectivity index is 2.42. The van der Waals surface area contributed by atoms with Crippen LogP contribution in [0.15, 0.2) is 16.6 Å². The van der Waals surface area contributed by atoms with Crippen molar-refractivity contribution in [3.05, 3.63) is 32.5 Å². The molecule has 0 bridgehead atoms. The highest BCUT2D eigenvalue weighted by Gasteiger charge is 2.28. The highest BCUT2D eigenvalue weighted by molar-refractivity contribution is 9.10. The molecular formula is C12H15BrFN3O2. The molecule has 1 aromatic carbocycles. The summed E-state index contributed by atoms with van der Waals surface area (Å²) in [5.74, 6) is -0.178. The van der Waals surface area contributed by atoms with Crippen LogP contribution >= 0.6 is 15.9 Å². The summed E-state index contributed by atoms with van der Waals surface area (Å²) in [6.07, 6.45) is 0.878. The molecule has 2 unspecified atom stereocenters. The predicted molar refractivity (Wildman–Crippen MR) is 74.7 cm³/mol. The van der Waals surface area contributed by atoms with Gasteiger partial charge in [0.1, 0.15) is 11.5 Å². The molecule has 0 aliphatic carbocycles. The molecule has 1 fully saturated rings. The van der Waals surface area contributed by atoms with Crippen LogP contribution in [0.1, 0.15) is 13.3 Å². The molecule has 2 atom stereocenters. The van der Waals surface area contributed by atoms with E-state index in [9.17, 15) is 14.5 Å². The van der Waals surface area contributed by atoms with Crippen LogP contribution in [0.2, 0.25) is 0 Å². The second-order valence-corrected chi connectivity index (χ2v) is 5.87. The third-order valence-corrected chi connectivity index (χ3v) is 3.85. The Bertz CT molecular complexity index is 502. The maximum atomic E-state index is 13.6. The molecule has 1 heterocycles. The molecular weight excluding hydrogens is 317 g/mol. The highest BCUT2D eigenvalue weighted by atomic mass is 79.9. The lowest BCUT2D eigenvalue weighted by Gasteiger charge is -2.36. The van der Waals surface area contributed by atoms with Gasteiger partial charge < -0.3 is 10.6 Å². The first-order chi connectivity index (χ1) is 8.88. The van der Waals surface area contributed by atoms with E-state index in [0.717, 1.165) is 6.42 Å². The van der Waals surface area contributed by atoms with Gasteiger partial charge in [-0.3, -0.25) is 10.1 Å². The lowest BCUT2D eigenvalue weighted by atomic mass is 9.96. The molecule has 0 spiro atoms. The fraction of sp³-hybridized carbons (Fsp3) is 0.500. The Morgan fingerprint density at radius 3 is 2.79 bits per heavy atom. The molecule has 1 aromatic rings. The van der Waals surface area contributed by atoms with Gasteiger partial charge in [-0.25, -0.2) is 4.39 Å². The molecule has 19 heavy (non-hydrogen) atoms. The number of halogens is 2. The summed E-state index contributed by atoms with van der Waals surface area (Å²) in [4.78, 5) is 12.4. The molecule has 104 valence electrons. The van der Waals surface area contributed by atoms with Gasteiger partial charge in [0.25, 0.3) is 5.69 Å². The summed E-state index contributed by atoms with van der Waals surface area (Å²) in [5, 5.41) is 11.1. The summed E-state index contributed by atoms with van der Waals surface area (Å²) >= 11 is 2.97. The third kappa shape index (κ3) is 3.03. The quantitative estimate of drug-likeness (QED) is 0.668. The van der Waals surface area contributed by atoms with E-state index >= 15 is 0 Å². The second kappa shape index (κ2) is 5.42. The van der Waals surface area contributed by atoms with E-state index in [1.165, 1.54) is 12.1 Å². The van der Waals surface area contributed by atoms with E-state index in [2.05, 4.69) is 15.9 Å². The van der Waals surface area contributed by atoms with E-state index in [1.54, 1.807) is 4.90 Å². The van der Waals surface area contributed by atoms with Crippen LogP contribution in [0.25, 0.3) is 0 Å². The molecule has 0 aromatic heterocycles. The summed E-state index contributed by atoms with van der Waals surface area (Å²) in [6.45, 7) is 3.19. The fourth-order valence-corrected chi connectivity index (χ4v) is 2.85. The van der Waals surface area contributed by atoms with Crippen LogP contribution in [-0.4, -0.2) is 24.1 Å². The number of hydrogen-bond acceptors (Lipinski definition) is 4. The summed E-state index contributed by atoms with van der Waals surface area (Å²) in [5.41, 5.74) is 6.13. The van der Waals surface area contributed by atoms with Crippen molar-refractivity contribution in [3.8, 4) is 0 Å². The molecule has 2 rings (SSSR count). The fourth-order valence-electron chi connectivity index (χ4n) is 2.52. The number of anilines is 1. The van der Waals surface area contributed by atoms with Gasteiger partial charge in [-0.1, -0.05) is 6.92 Å². The van der Waals surface area contributed by atoms with Crippen LogP contribution in [0.3, 0.4) is 0 Å². The minimum atomic E-state index is -0.507. The van der Waals surface area contributed by atoms with Crippen molar-refractivity contribution in [3.63, 3.8) is 0 Å². The molecule has 0 radical (unpaired) electrons. The number of benzene rings is 1. The SMILES string of the molecule is CC1CC(N)CN(c2cc(F)c(Br)cc2[N+](=O)[O-])C1. The zero-order valence-corrected chi connectivity index (χ0v) is 12.1. The number of nitrogens with zero attached hydrogens (tertiary/aromatic N) is 2. The van der Waals surface area contributed by atoms with Crippen molar-refractivity contribution in [1.29, 1.82) is 0 Å². The molecule has 7 heteroatoms. The molecule has 0 amide bonds. The molecule has 2 N–H and O–H groups in total. The number of nitrogens with two attached hydrogens (primary N) is 1. The van der Waals surface area contributed by atoms with Crippen molar-refractivity contribution in [2.75, 3.05) is 18.0 Å². The van der Waals surface area contributed by atoms with Crippen molar-refractivity contribution >= 4 is 27.3 Å². The third-order valence-electron chi connectivity index (χ3n) is 3.25.